The van der Waals surface area contributed by atoms with Crippen molar-refractivity contribution in [3.8, 4) is 5.75 Å². The standard InChI is InChI=1S/C18H18N2O5/c1-11-7-15(8-17(22)24-11)25-16-9-20(10-16)18(23)13-3-5-14(6-4-13)19-12(2)21/h3-8,16H,9-10H2,1-2H3,(H,19,21). The first-order valence-corrected chi connectivity index (χ1v) is 7.86. The average Bonchev–Trinajstić information content (AvgIpc) is 2.49. The van der Waals surface area contributed by atoms with Crippen LogP contribution in [-0.2, 0) is 4.79 Å². The second-order valence-corrected chi connectivity index (χ2v) is 5.93. The lowest BCUT2D eigenvalue weighted by molar-refractivity contribution is -0.114. The largest absolute Gasteiger partial charge is 0.486 e. The van der Waals surface area contributed by atoms with Gasteiger partial charge in [-0.15, -0.1) is 0 Å². The average molecular weight is 342 g/mol. The van der Waals surface area contributed by atoms with Crippen molar-refractivity contribution in [3.05, 3.63) is 58.1 Å². The minimum absolute atomic E-state index is 0.0991. The maximum Gasteiger partial charge on any atom is 0.339 e. The number of nitrogens with zero attached hydrogens (tertiary/aromatic N) is 1. The zero-order chi connectivity index (χ0) is 18.0. The summed E-state index contributed by atoms with van der Waals surface area (Å²) in [5, 5.41) is 2.65. The monoisotopic (exact) mass is 342 g/mol. The summed E-state index contributed by atoms with van der Waals surface area (Å²) in [5.41, 5.74) is 0.734. The molecule has 2 amide bonds. The quantitative estimate of drug-likeness (QED) is 0.915. The number of hydrogen-bond acceptors (Lipinski definition) is 5. The molecule has 1 aliphatic rings. The van der Waals surface area contributed by atoms with Gasteiger partial charge in [-0.2, -0.15) is 0 Å². The molecule has 0 unspecified atom stereocenters. The minimum Gasteiger partial charge on any atom is -0.486 e. The van der Waals surface area contributed by atoms with Gasteiger partial charge in [-0.1, -0.05) is 0 Å². The van der Waals surface area contributed by atoms with E-state index in [4.69, 9.17) is 9.15 Å². The number of aryl methyl sites for hydroxylation is 1. The van der Waals surface area contributed by atoms with Crippen LogP contribution in [0.4, 0.5) is 5.69 Å². The van der Waals surface area contributed by atoms with Crippen LogP contribution in [0.1, 0.15) is 23.0 Å². The zero-order valence-corrected chi connectivity index (χ0v) is 13.9. The number of carbonyl (C=O) groups excluding carboxylic acids is 2. The highest BCUT2D eigenvalue weighted by Gasteiger charge is 2.33. The van der Waals surface area contributed by atoms with Crippen molar-refractivity contribution in [2.75, 3.05) is 18.4 Å². The number of anilines is 1. The second-order valence-electron chi connectivity index (χ2n) is 5.93. The van der Waals surface area contributed by atoms with Crippen LogP contribution in [0.25, 0.3) is 0 Å². The summed E-state index contributed by atoms with van der Waals surface area (Å²) in [4.78, 5) is 36.4. The Hall–Kier alpha value is -3.09. The number of benzene rings is 1. The van der Waals surface area contributed by atoms with E-state index in [0.717, 1.165) is 0 Å². The maximum absolute atomic E-state index is 12.4. The molecule has 1 aliphatic heterocycles. The SMILES string of the molecule is CC(=O)Nc1ccc(C(=O)N2CC(Oc3cc(C)oc(=O)c3)C2)cc1. The first-order chi connectivity index (χ1) is 11.9. The highest BCUT2D eigenvalue weighted by atomic mass is 16.5. The Morgan fingerprint density at radius 3 is 2.48 bits per heavy atom. The topological polar surface area (TPSA) is 88.8 Å². The molecule has 25 heavy (non-hydrogen) atoms. The van der Waals surface area contributed by atoms with E-state index in [9.17, 15) is 14.4 Å². The molecular weight excluding hydrogens is 324 g/mol. The Bertz CT molecular complexity index is 851. The number of likely N-dealkylation sites (tertiary alicyclic amines) is 1. The van der Waals surface area contributed by atoms with Gasteiger partial charge in [-0.05, 0) is 31.2 Å². The van der Waals surface area contributed by atoms with E-state index < -0.39 is 5.63 Å². The molecule has 2 heterocycles. The van der Waals surface area contributed by atoms with Gasteiger partial charge in [0.2, 0.25) is 5.91 Å². The summed E-state index contributed by atoms with van der Waals surface area (Å²) in [6, 6.07) is 9.66. The number of hydrogen-bond donors (Lipinski definition) is 1. The Kier molecular flexibility index (Phi) is 4.56. The molecule has 1 aromatic carbocycles. The molecule has 1 fully saturated rings. The van der Waals surface area contributed by atoms with Crippen molar-refractivity contribution in [2.45, 2.75) is 20.0 Å². The summed E-state index contributed by atoms with van der Waals surface area (Å²) in [7, 11) is 0. The van der Waals surface area contributed by atoms with Gasteiger partial charge in [0.05, 0.1) is 19.2 Å². The third-order valence-corrected chi connectivity index (χ3v) is 3.76. The molecular formula is C18H18N2O5. The van der Waals surface area contributed by atoms with Gasteiger partial charge < -0.3 is 19.4 Å². The molecule has 2 aromatic rings. The van der Waals surface area contributed by atoms with Crippen LogP contribution in [0, 0.1) is 6.92 Å². The van der Waals surface area contributed by atoms with Crippen molar-refractivity contribution < 1.29 is 18.7 Å². The number of amides is 2. The third kappa shape index (κ3) is 4.06. The molecule has 0 aliphatic carbocycles. The van der Waals surface area contributed by atoms with Crippen LogP contribution in [0.3, 0.4) is 0 Å². The number of nitrogens with one attached hydrogen (secondary N) is 1. The van der Waals surface area contributed by atoms with Crippen molar-refractivity contribution in [1.82, 2.24) is 4.90 Å². The lowest BCUT2D eigenvalue weighted by Crippen LogP contribution is -2.56. The van der Waals surface area contributed by atoms with E-state index in [-0.39, 0.29) is 17.9 Å². The van der Waals surface area contributed by atoms with E-state index in [1.54, 1.807) is 42.2 Å². The van der Waals surface area contributed by atoms with Crippen molar-refractivity contribution >= 4 is 17.5 Å². The fraction of sp³-hybridized carbons (Fsp3) is 0.278. The molecule has 3 rings (SSSR count). The maximum atomic E-state index is 12.4. The predicted molar refractivity (Wildman–Crippen MR) is 90.8 cm³/mol. The molecule has 0 saturated carbocycles. The summed E-state index contributed by atoms with van der Waals surface area (Å²) < 4.78 is 10.6. The molecule has 7 heteroatoms. The van der Waals surface area contributed by atoms with Gasteiger partial charge in [0.15, 0.2) is 0 Å². The Labute approximate surface area is 144 Å². The lowest BCUT2D eigenvalue weighted by Gasteiger charge is -2.39. The second kappa shape index (κ2) is 6.80. The van der Waals surface area contributed by atoms with Gasteiger partial charge >= 0.3 is 5.63 Å². The summed E-state index contributed by atoms with van der Waals surface area (Å²) in [6.45, 7) is 4.00. The smallest absolute Gasteiger partial charge is 0.339 e. The third-order valence-electron chi connectivity index (χ3n) is 3.76. The first-order valence-electron chi connectivity index (χ1n) is 7.86. The Morgan fingerprint density at radius 2 is 1.88 bits per heavy atom. The van der Waals surface area contributed by atoms with Crippen molar-refractivity contribution in [2.24, 2.45) is 0 Å². The molecule has 1 aromatic heterocycles. The normalized spacial score (nSPS) is 13.9. The molecule has 0 radical (unpaired) electrons. The highest BCUT2D eigenvalue weighted by molar-refractivity contribution is 5.96. The van der Waals surface area contributed by atoms with Gasteiger partial charge in [0, 0.05) is 24.2 Å². The van der Waals surface area contributed by atoms with Crippen LogP contribution in [-0.4, -0.2) is 35.9 Å². The number of ether oxygens (including phenoxy) is 1. The van der Waals surface area contributed by atoms with E-state index in [2.05, 4.69) is 5.32 Å². The molecule has 1 N–H and O–H groups in total. The van der Waals surface area contributed by atoms with Crippen LogP contribution in [0.15, 0.2) is 45.6 Å². The van der Waals surface area contributed by atoms with Gasteiger partial charge in [0.1, 0.15) is 17.6 Å². The molecule has 0 atom stereocenters. The van der Waals surface area contributed by atoms with Crippen LogP contribution >= 0.6 is 0 Å². The van der Waals surface area contributed by atoms with Crippen molar-refractivity contribution in [1.29, 1.82) is 0 Å². The van der Waals surface area contributed by atoms with Gasteiger partial charge in [-0.25, -0.2) is 4.79 Å². The first kappa shape index (κ1) is 16.8. The van der Waals surface area contributed by atoms with E-state index in [1.165, 1.54) is 13.0 Å². The summed E-state index contributed by atoms with van der Waals surface area (Å²) >= 11 is 0. The van der Waals surface area contributed by atoms with Crippen LogP contribution in [0.5, 0.6) is 5.75 Å². The summed E-state index contributed by atoms with van der Waals surface area (Å²) in [5.74, 6) is 0.671. The molecule has 0 bridgehead atoms. The number of rotatable bonds is 4. The van der Waals surface area contributed by atoms with Crippen molar-refractivity contribution in [3.63, 3.8) is 0 Å². The van der Waals surface area contributed by atoms with E-state index in [0.29, 0.717) is 35.9 Å². The Balaban J connectivity index is 1.55. The fourth-order valence-corrected chi connectivity index (χ4v) is 2.60. The molecule has 130 valence electrons. The van der Waals surface area contributed by atoms with E-state index in [1.807, 2.05) is 0 Å². The minimum atomic E-state index is -0.457. The van der Waals surface area contributed by atoms with Crippen LogP contribution < -0.4 is 15.7 Å². The zero-order valence-electron chi connectivity index (χ0n) is 13.9. The highest BCUT2D eigenvalue weighted by Crippen LogP contribution is 2.20. The summed E-state index contributed by atoms with van der Waals surface area (Å²) in [6.07, 6.45) is -0.149. The molecule has 0 spiro atoms. The molecule has 1 saturated heterocycles. The molecule has 7 nitrogen and oxygen atoms in total. The van der Waals surface area contributed by atoms with E-state index >= 15 is 0 Å². The Morgan fingerprint density at radius 1 is 1.20 bits per heavy atom. The van der Waals surface area contributed by atoms with Gasteiger partial charge in [0.25, 0.3) is 5.91 Å². The van der Waals surface area contributed by atoms with Gasteiger partial charge in [-0.3, -0.25) is 9.59 Å². The fourth-order valence-electron chi connectivity index (χ4n) is 2.60. The number of carbonyl (C=O) groups is 2. The lowest BCUT2D eigenvalue weighted by atomic mass is 10.1. The van der Waals surface area contributed by atoms with Crippen LogP contribution in [0.2, 0.25) is 0 Å². The predicted octanol–water partition coefficient (Wildman–Crippen LogP) is 1.81.